The van der Waals surface area contributed by atoms with Crippen LogP contribution in [0.3, 0.4) is 0 Å². The van der Waals surface area contributed by atoms with Gasteiger partial charge in [-0.25, -0.2) is 0 Å². The van der Waals surface area contributed by atoms with Crippen LogP contribution in [0, 0.1) is 5.41 Å². The number of carbonyl (C=O) groups excluding carboxylic acids is 1. The molecule has 4 rings (SSSR count). The maximum atomic E-state index is 12.7. The summed E-state index contributed by atoms with van der Waals surface area (Å²) in [6.07, 6.45) is 1.01. The van der Waals surface area contributed by atoms with Gasteiger partial charge in [-0.1, -0.05) is 30.3 Å². The van der Waals surface area contributed by atoms with Crippen LogP contribution < -0.4 is 31.3 Å². The zero-order valence-corrected chi connectivity index (χ0v) is 20.0. The van der Waals surface area contributed by atoms with E-state index in [1.807, 2.05) is 36.4 Å². The minimum atomic E-state index is -0.869. The summed E-state index contributed by atoms with van der Waals surface area (Å²) in [6.45, 7) is 0. The zero-order chi connectivity index (χ0) is 23.2. The average molecular weight is 555 g/mol. The second kappa shape index (κ2) is 10.6. The molecule has 168 valence electrons. The van der Waals surface area contributed by atoms with Crippen molar-refractivity contribution in [3.63, 3.8) is 0 Å². The van der Waals surface area contributed by atoms with Crippen LogP contribution in [-0.4, -0.2) is 26.8 Å². The van der Waals surface area contributed by atoms with Crippen LogP contribution in [0.2, 0.25) is 0 Å². The molecule has 7 heteroatoms. The summed E-state index contributed by atoms with van der Waals surface area (Å²) in [5.41, 5.74) is 4.27. The number of carboxylic acids is 1. The minimum Gasteiger partial charge on any atom is -0.490 e. The van der Waals surface area contributed by atoms with Crippen LogP contribution in [0.15, 0.2) is 72.8 Å². The first kappa shape index (κ1) is 23.0. The van der Waals surface area contributed by atoms with Gasteiger partial charge in [-0.05, 0) is 60.9 Å². The molecule has 1 amide bonds. The molecule has 0 radical (unpaired) electrons. The molecule has 0 fully saturated rings. The van der Waals surface area contributed by atoms with Crippen molar-refractivity contribution in [3.8, 4) is 5.75 Å². The van der Waals surface area contributed by atoms with Crippen molar-refractivity contribution in [3.05, 3.63) is 95.1 Å². The fourth-order valence-corrected chi connectivity index (χ4v) is 5.75. The molecular formula is C26H24IN2O4+. The smallest absolute Gasteiger partial charge is 0.340 e. The highest BCUT2D eigenvalue weighted by Crippen LogP contribution is 2.31. The Morgan fingerprint density at radius 1 is 1.03 bits per heavy atom. The van der Waals surface area contributed by atoms with Gasteiger partial charge in [0.1, 0.15) is 11.9 Å². The number of nitrogens with one attached hydrogen (secondary N) is 2. The number of aliphatic carboxylic acids is 1. The molecule has 6 nitrogen and oxygen atoms in total. The number of alkyl halides is 1. The number of benzene rings is 3. The van der Waals surface area contributed by atoms with Gasteiger partial charge in [-0.2, -0.15) is 0 Å². The molecule has 1 aliphatic heterocycles. The normalized spacial score (nSPS) is 14.6. The van der Waals surface area contributed by atoms with Gasteiger partial charge in [0.15, 0.2) is 4.43 Å². The van der Waals surface area contributed by atoms with Gasteiger partial charge in [0.2, 0.25) is 0 Å². The first-order valence-electron chi connectivity index (χ1n) is 10.6. The maximum Gasteiger partial charge on any atom is 0.340 e. The molecule has 1 atom stereocenters. The lowest BCUT2D eigenvalue weighted by Crippen LogP contribution is -3.64. The highest BCUT2D eigenvalue weighted by molar-refractivity contribution is 6.04. The molecule has 0 saturated heterocycles. The molecule has 0 aliphatic carbocycles. The van der Waals surface area contributed by atoms with Crippen molar-refractivity contribution < 1.29 is 40.6 Å². The average Bonchev–Trinajstić information content (AvgIpc) is 2.83. The highest BCUT2D eigenvalue weighted by atomic mass is 127. The SMILES string of the molecule is N=C([I+]Cc1ccccc1)c1ccc(C(=O)Nc2ccc3c(c2)CCC(CC(=O)O)O3)cc1. The number of rotatable bonds is 8. The molecule has 0 saturated carbocycles. The lowest BCUT2D eigenvalue weighted by Gasteiger charge is -2.25. The molecule has 0 bridgehead atoms. The van der Waals surface area contributed by atoms with Gasteiger partial charge in [-0.15, -0.1) is 0 Å². The van der Waals surface area contributed by atoms with E-state index >= 15 is 0 Å². The van der Waals surface area contributed by atoms with E-state index in [9.17, 15) is 9.59 Å². The summed E-state index contributed by atoms with van der Waals surface area (Å²) in [5.74, 6) is -0.411. The number of aryl methyl sites for hydroxylation is 1. The topological polar surface area (TPSA) is 99.5 Å². The van der Waals surface area contributed by atoms with Gasteiger partial charge < -0.3 is 15.2 Å². The number of fused-ring (bicyclic) bond motifs is 1. The highest BCUT2D eigenvalue weighted by Gasteiger charge is 2.23. The molecule has 3 N–H and O–H groups in total. The van der Waals surface area contributed by atoms with E-state index in [2.05, 4.69) is 17.4 Å². The Bertz CT molecular complexity index is 1160. The molecule has 1 unspecified atom stereocenters. The number of halogens is 1. The molecule has 1 aliphatic rings. The third kappa shape index (κ3) is 6.19. The zero-order valence-electron chi connectivity index (χ0n) is 17.9. The number of ether oxygens (including phenoxy) is 1. The number of carbonyl (C=O) groups is 2. The van der Waals surface area contributed by atoms with E-state index in [1.54, 1.807) is 24.3 Å². The van der Waals surface area contributed by atoms with E-state index in [0.29, 0.717) is 33.6 Å². The third-order valence-electron chi connectivity index (χ3n) is 5.35. The standard InChI is InChI=1S/C26H23IN2O4/c28-25(27-16-17-4-2-1-3-5-17)18-6-8-19(9-7-18)26(32)29-21-11-13-23-20(14-21)10-12-22(33-23)15-24(30)31/h1-9,11,13-14,22,28H,10,12,15-16H2,(H-,29,30,31,32)/p+1. The second-order valence-corrected chi connectivity index (χ2v) is 10.4. The Kier molecular flexibility index (Phi) is 7.39. The van der Waals surface area contributed by atoms with Gasteiger partial charge in [-0.3, -0.25) is 15.0 Å². The van der Waals surface area contributed by atoms with Crippen molar-refractivity contribution in [1.29, 1.82) is 5.41 Å². The quantitative estimate of drug-likeness (QED) is 0.224. The molecule has 3 aromatic carbocycles. The van der Waals surface area contributed by atoms with Crippen LogP contribution >= 0.6 is 0 Å². The number of hydrogen-bond donors (Lipinski definition) is 3. The minimum absolute atomic E-state index is 0.0143. The number of carboxylic acid groups (broad SMARTS) is 1. The van der Waals surface area contributed by atoms with Crippen LogP contribution in [0.1, 0.15) is 39.9 Å². The van der Waals surface area contributed by atoms with Crippen molar-refractivity contribution in [2.45, 2.75) is 29.8 Å². The first-order chi connectivity index (χ1) is 16.0. The fourth-order valence-electron chi connectivity index (χ4n) is 3.62. The van der Waals surface area contributed by atoms with E-state index in [1.165, 1.54) is 5.56 Å². The van der Waals surface area contributed by atoms with Crippen LogP contribution in [0.5, 0.6) is 5.75 Å². The van der Waals surface area contributed by atoms with Crippen LogP contribution in [0.4, 0.5) is 5.69 Å². The predicted octanol–water partition coefficient (Wildman–Crippen LogP) is 1.72. The lowest BCUT2D eigenvalue weighted by molar-refractivity contribution is -0.557. The molecule has 0 aromatic heterocycles. The summed E-state index contributed by atoms with van der Waals surface area (Å²) < 4.78 is 7.33. The van der Waals surface area contributed by atoms with Crippen LogP contribution in [-0.2, 0) is 15.6 Å². The molecular weight excluding hydrogens is 531 g/mol. The van der Waals surface area contributed by atoms with Gasteiger partial charge in [0, 0.05) is 22.4 Å². The number of hydrogen-bond acceptors (Lipinski definition) is 4. The van der Waals surface area contributed by atoms with E-state index in [4.69, 9.17) is 15.3 Å². The first-order valence-corrected chi connectivity index (χ1v) is 13.2. The Labute approximate surface area is 202 Å². The second-order valence-electron chi connectivity index (χ2n) is 7.80. The number of anilines is 1. The Morgan fingerprint density at radius 3 is 2.48 bits per heavy atom. The molecule has 1 heterocycles. The predicted molar refractivity (Wildman–Crippen MR) is 123 cm³/mol. The summed E-state index contributed by atoms with van der Waals surface area (Å²) in [5, 5.41) is 20.2. The Balaban J connectivity index is 1.34. The summed E-state index contributed by atoms with van der Waals surface area (Å²) in [6, 6.07) is 22.8. The largest absolute Gasteiger partial charge is 0.490 e. The van der Waals surface area contributed by atoms with Crippen molar-refractivity contribution >= 4 is 21.3 Å². The van der Waals surface area contributed by atoms with E-state index in [-0.39, 0.29) is 18.4 Å². The monoisotopic (exact) mass is 555 g/mol. The molecule has 33 heavy (non-hydrogen) atoms. The van der Waals surface area contributed by atoms with E-state index in [0.717, 1.165) is 15.6 Å². The van der Waals surface area contributed by atoms with E-state index < -0.39 is 27.2 Å². The summed E-state index contributed by atoms with van der Waals surface area (Å²) >= 11 is -0.437. The molecule has 0 spiro atoms. The van der Waals surface area contributed by atoms with Gasteiger partial charge in [0.25, 0.3) is 9.63 Å². The Morgan fingerprint density at radius 2 is 1.76 bits per heavy atom. The third-order valence-corrected chi connectivity index (χ3v) is 8.00. The van der Waals surface area contributed by atoms with Crippen molar-refractivity contribution in [2.75, 3.05) is 5.32 Å². The van der Waals surface area contributed by atoms with Gasteiger partial charge >= 0.3 is 27.2 Å². The summed E-state index contributed by atoms with van der Waals surface area (Å²) in [4.78, 5) is 23.6. The maximum absolute atomic E-state index is 12.7. The van der Waals surface area contributed by atoms with Crippen molar-refractivity contribution in [2.24, 2.45) is 0 Å². The Hall–Kier alpha value is -3.20. The molecule has 3 aromatic rings. The fraction of sp³-hybridized carbons (Fsp3) is 0.192. The van der Waals surface area contributed by atoms with Gasteiger partial charge in [0.05, 0.1) is 6.42 Å². The number of amides is 1. The lowest BCUT2D eigenvalue weighted by atomic mass is 10.00. The van der Waals surface area contributed by atoms with Crippen LogP contribution in [0.25, 0.3) is 0 Å². The summed E-state index contributed by atoms with van der Waals surface area (Å²) in [7, 11) is 0. The van der Waals surface area contributed by atoms with Crippen molar-refractivity contribution in [1.82, 2.24) is 0 Å².